The molecule has 0 radical (unpaired) electrons. The van der Waals surface area contributed by atoms with E-state index in [1.54, 1.807) is 0 Å². The predicted octanol–water partition coefficient (Wildman–Crippen LogP) is 4.92. The maximum absolute atomic E-state index is 14.5. The molecule has 1 aliphatic heterocycles. The quantitative estimate of drug-likeness (QED) is 0.290. The molecule has 4 aromatic rings. The zero-order chi connectivity index (χ0) is 31.0. The Labute approximate surface area is 256 Å². The van der Waals surface area contributed by atoms with Crippen molar-refractivity contribution < 1.29 is 9.16 Å². The van der Waals surface area contributed by atoms with Crippen LogP contribution < -0.4 is 26.6 Å². The highest BCUT2D eigenvalue weighted by atomic mass is 28.4. The topological polar surface area (TPSA) is 82.6 Å². The lowest BCUT2D eigenvalue weighted by molar-refractivity contribution is 0.0761. The number of aromatic nitrogens is 2. The molecule has 8 heteroatoms. The Balaban J connectivity index is 1.70. The average molecular weight is 599 g/mol. The van der Waals surface area contributed by atoms with Crippen molar-refractivity contribution in [2.45, 2.75) is 71.7 Å². The van der Waals surface area contributed by atoms with Crippen molar-refractivity contribution in [1.82, 2.24) is 9.55 Å². The van der Waals surface area contributed by atoms with Gasteiger partial charge in [-0.25, -0.2) is 4.98 Å². The molecular weight excluding hydrogens is 552 g/mol. The fraction of sp³-hybridized carbons (Fsp3) is 0.429. The molecule has 0 aliphatic carbocycles. The van der Waals surface area contributed by atoms with Gasteiger partial charge in [-0.1, -0.05) is 87.5 Å². The zero-order valence-corrected chi connectivity index (χ0v) is 27.7. The van der Waals surface area contributed by atoms with Gasteiger partial charge < -0.3 is 19.8 Å². The van der Waals surface area contributed by atoms with Crippen LogP contribution in [-0.2, 0) is 15.7 Å². The van der Waals surface area contributed by atoms with Crippen LogP contribution in [0, 0.1) is 6.92 Å². The molecule has 3 aromatic carbocycles. The Morgan fingerprint density at radius 2 is 1.51 bits per heavy atom. The van der Waals surface area contributed by atoms with Crippen LogP contribution in [0.25, 0.3) is 10.9 Å². The minimum atomic E-state index is -2.89. The Hall–Kier alpha value is -3.30. The standard InChI is InChI=1S/C35H46N4O3Si/c1-25-22-29(26(2)36)31-30(23-25)32(40)39(33(37-31)38-18-20-41-21-19-38)24-35(6,7)42-43(34(3,4)5,27-14-10-8-11-15-27)28-16-12-9-13-17-28/h8-17,22-23,26H,18-21,24,36H2,1-7H3. The predicted molar refractivity (Wildman–Crippen MR) is 179 cm³/mol. The Morgan fingerprint density at radius 3 is 2.02 bits per heavy atom. The number of hydrogen-bond acceptors (Lipinski definition) is 6. The summed E-state index contributed by atoms with van der Waals surface area (Å²) in [6.45, 7) is 17.8. The lowest BCUT2D eigenvalue weighted by atomic mass is 10.0. The lowest BCUT2D eigenvalue weighted by Gasteiger charge is -2.48. The van der Waals surface area contributed by atoms with Crippen molar-refractivity contribution >= 4 is 35.5 Å². The first-order chi connectivity index (χ1) is 20.3. The highest BCUT2D eigenvalue weighted by Gasteiger charge is 2.53. The van der Waals surface area contributed by atoms with Crippen LogP contribution in [0.1, 0.15) is 58.7 Å². The van der Waals surface area contributed by atoms with E-state index in [2.05, 4.69) is 100 Å². The van der Waals surface area contributed by atoms with Crippen molar-refractivity contribution in [3.63, 3.8) is 0 Å². The molecule has 1 fully saturated rings. The fourth-order valence-electron chi connectivity index (χ4n) is 6.46. The summed E-state index contributed by atoms with van der Waals surface area (Å²) in [6, 6.07) is 25.0. The zero-order valence-electron chi connectivity index (χ0n) is 26.7. The second kappa shape index (κ2) is 12.0. The Morgan fingerprint density at radius 1 is 0.953 bits per heavy atom. The van der Waals surface area contributed by atoms with Gasteiger partial charge in [0.25, 0.3) is 13.9 Å². The van der Waals surface area contributed by atoms with Crippen molar-refractivity contribution in [3.8, 4) is 0 Å². The normalized spacial score (nSPS) is 15.6. The minimum Gasteiger partial charge on any atom is -0.401 e. The van der Waals surface area contributed by atoms with Gasteiger partial charge in [0.1, 0.15) is 0 Å². The first kappa shape index (κ1) is 31.1. The molecule has 7 nitrogen and oxygen atoms in total. The van der Waals surface area contributed by atoms with E-state index in [1.165, 1.54) is 10.4 Å². The highest BCUT2D eigenvalue weighted by molar-refractivity contribution is 6.99. The second-order valence-electron chi connectivity index (χ2n) is 13.5. The maximum atomic E-state index is 14.5. The summed E-state index contributed by atoms with van der Waals surface area (Å²) in [4.78, 5) is 21.8. The summed E-state index contributed by atoms with van der Waals surface area (Å²) >= 11 is 0. The van der Waals surface area contributed by atoms with Gasteiger partial charge in [0.05, 0.1) is 36.3 Å². The van der Waals surface area contributed by atoms with Gasteiger partial charge in [0.15, 0.2) is 0 Å². The van der Waals surface area contributed by atoms with Gasteiger partial charge in [-0.05, 0) is 60.3 Å². The van der Waals surface area contributed by atoms with Crippen LogP contribution in [0.5, 0.6) is 0 Å². The van der Waals surface area contributed by atoms with Crippen molar-refractivity contribution in [2.24, 2.45) is 5.73 Å². The fourth-order valence-corrected chi connectivity index (χ4v) is 11.3. The van der Waals surface area contributed by atoms with Crippen LogP contribution in [0.3, 0.4) is 0 Å². The third kappa shape index (κ3) is 6.06. The number of fused-ring (bicyclic) bond motifs is 1. The number of rotatable bonds is 8. The SMILES string of the molecule is Cc1cc(C(C)N)c2nc(N3CCOCC3)n(CC(C)(C)O[Si](c3ccccc3)(c3ccccc3)C(C)(C)C)c(=O)c2c1. The summed E-state index contributed by atoms with van der Waals surface area (Å²) in [6.07, 6.45) is 0. The van der Waals surface area contributed by atoms with E-state index in [0.29, 0.717) is 49.7 Å². The molecule has 5 rings (SSSR count). The Bertz CT molecular complexity index is 1580. The van der Waals surface area contributed by atoms with Crippen molar-refractivity contribution in [3.05, 3.63) is 94.3 Å². The lowest BCUT2D eigenvalue weighted by Crippen LogP contribution is -2.69. The molecule has 43 heavy (non-hydrogen) atoms. The van der Waals surface area contributed by atoms with Gasteiger partial charge >= 0.3 is 0 Å². The molecule has 2 heterocycles. The van der Waals surface area contributed by atoms with Gasteiger partial charge in [-0.15, -0.1) is 0 Å². The third-order valence-corrected chi connectivity index (χ3v) is 13.6. The van der Waals surface area contributed by atoms with Crippen LogP contribution in [-0.4, -0.2) is 49.8 Å². The second-order valence-corrected chi connectivity index (χ2v) is 17.7. The molecule has 0 bridgehead atoms. The largest absolute Gasteiger partial charge is 0.401 e. The number of nitrogens with two attached hydrogens (primary N) is 1. The molecule has 1 atom stereocenters. The van der Waals surface area contributed by atoms with Gasteiger partial charge in [0.2, 0.25) is 5.95 Å². The van der Waals surface area contributed by atoms with E-state index < -0.39 is 13.9 Å². The van der Waals surface area contributed by atoms with E-state index >= 15 is 0 Å². The molecular formula is C35H46N4O3Si. The smallest absolute Gasteiger partial charge is 0.262 e. The highest BCUT2D eigenvalue weighted by Crippen LogP contribution is 2.40. The third-order valence-electron chi connectivity index (χ3n) is 8.38. The van der Waals surface area contributed by atoms with E-state index in [1.807, 2.05) is 30.5 Å². The van der Waals surface area contributed by atoms with Gasteiger partial charge in [-0.3, -0.25) is 9.36 Å². The van der Waals surface area contributed by atoms with Crippen LogP contribution in [0.4, 0.5) is 5.95 Å². The first-order valence-corrected chi connectivity index (χ1v) is 17.2. The number of ether oxygens (including phenoxy) is 1. The molecule has 1 aliphatic rings. The Kier molecular flexibility index (Phi) is 8.69. The summed E-state index contributed by atoms with van der Waals surface area (Å²) in [5.74, 6) is 0.644. The molecule has 0 amide bonds. The van der Waals surface area contributed by atoms with Crippen LogP contribution >= 0.6 is 0 Å². The number of hydrogen-bond donors (Lipinski definition) is 1. The summed E-state index contributed by atoms with van der Waals surface area (Å²) < 4.78 is 15.0. The van der Waals surface area contributed by atoms with E-state index in [4.69, 9.17) is 19.9 Å². The van der Waals surface area contributed by atoms with Crippen molar-refractivity contribution in [1.29, 1.82) is 0 Å². The molecule has 1 saturated heterocycles. The molecule has 0 saturated carbocycles. The molecule has 1 unspecified atom stereocenters. The minimum absolute atomic E-state index is 0.0729. The summed E-state index contributed by atoms with van der Waals surface area (Å²) in [5, 5.41) is 2.80. The van der Waals surface area contributed by atoms with E-state index in [-0.39, 0.29) is 16.6 Å². The molecule has 0 spiro atoms. The number of nitrogens with zero attached hydrogens (tertiary/aromatic N) is 3. The van der Waals surface area contributed by atoms with Gasteiger partial charge in [-0.2, -0.15) is 0 Å². The monoisotopic (exact) mass is 598 g/mol. The maximum Gasteiger partial charge on any atom is 0.262 e. The summed E-state index contributed by atoms with van der Waals surface area (Å²) in [5.41, 5.74) is 8.15. The van der Waals surface area contributed by atoms with Gasteiger partial charge in [0, 0.05) is 19.1 Å². The number of aryl methyl sites for hydroxylation is 1. The van der Waals surface area contributed by atoms with Crippen LogP contribution in [0.2, 0.25) is 5.04 Å². The summed E-state index contributed by atoms with van der Waals surface area (Å²) in [7, 11) is -2.89. The van der Waals surface area contributed by atoms with Crippen molar-refractivity contribution in [2.75, 3.05) is 31.2 Å². The number of benzene rings is 3. The van der Waals surface area contributed by atoms with Crippen LogP contribution in [0.15, 0.2) is 77.6 Å². The number of anilines is 1. The molecule has 1 aromatic heterocycles. The number of morpholine rings is 1. The van der Waals surface area contributed by atoms with E-state index in [9.17, 15) is 4.79 Å². The van der Waals surface area contributed by atoms with E-state index in [0.717, 1.165) is 11.1 Å². The first-order valence-electron chi connectivity index (χ1n) is 15.3. The molecule has 2 N–H and O–H groups in total. The average Bonchev–Trinajstić information content (AvgIpc) is 2.98. The molecule has 228 valence electrons.